The zero-order valence-corrected chi connectivity index (χ0v) is 20.3. The van der Waals surface area contributed by atoms with E-state index in [4.69, 9.17) is 4.98 Å². The fourth-order valence-electron chi connectivity index (χ4n) is 4.42. The maximum absolute atomic E-state index is 14.0. The second kappa shape index (κ2) is 10.0. The van der Waals surface area contributed by atoms with Crippen LogP contribution in [0.2, 0.25) is 0 Å². The van der Waals surface area contributed by atoms with E-state index >= 15 is 0 Å². The van der Waals surface area contributed by atoms with E-state index in [2.05, 4.69) is 5.32 Å². The number of carbonyl (C=O) groups is 1. The molecule has 1 aliphatic rings. The van der Waals surface area contributed by atoms with E-state index < -0.39 is 5.82 Å². The highest BCUT2D eigenvalue weighted by Crippen LogP contribution is 2.26. The van der Waals surface area contributed by atoms with Gasteiger partial charge in [-0.15, -0.1) is 0 Å². The Balaban J connectivity index is 1.55. The van der Waals surface area contributed by atoms with E-state index in [0.717, 1.165) is 31.2 Å². The number of nitrogens with one attached hydrogen (secondary N) is 1. The molecule has 4 aromatic rings. The molecule has 1 aromatic heterocycles. The van der Waals surface area contributed by atoms with Crippen molar-refractivity contribution >= 4 is 28.6 Å². The second-order valence-corrected chi connectivity index (χ2v) is 9.92. The standard InChI is InChI=1S/C28H26FN3O2S/c1-18-9-11-19(12-10-18)17-35-28-31-25-15-20(26(33)30-22-6-2-3-7-22)13-14-24(25)27(34)32(28)23-8-4-5-21(29)16-23/h4-5,8-16,22H,2-3,6-7,17H2,1H3,(H,30,33). The summed E-state index contributed by atoms with van der Waals surface area (Å²) in [5.41, 5.74) is 3.31. The van der Waals surface area contributed by atoms with Crippen molar-refractivity contribution in [2.24, 2.45) is 0 Å². The smallest absolute Gasteiger partial charge is 0.266 e. The van der Waals surface area contributed by atoms with Gasteiger partial charge in [0.25, 0.3) is 11.5 Å². The molecule has 1 heterocycles. The Hall–Kier alpha value is -3.45. The highest BCUT2D eigenvalue weighted by atomic mass is 32.2. The molecule has 0 atom stereocenters. The number of hydrogen-bond acceptors (Lipinski definition) is 4. The largest absolute Gasteiger partial charge is 0.349 e. The fraction of sp³-hybridized carbons (Fsp3) is 0.250. The lowest BCUT2D eigenvalue weighted by atomic mass is 10.1. The molecule has 5 rings (SSSR count). The van der Waals surface area contributed by atoms with Crippen molar-refractivity contribution in [1.29, 1.82) is 0 Å². The highest BCUT2D eigenvalue weighted by Gasteiger charge is 2.20. The Labute approximate surface area is 207 Å². The summed E-state index contributed by atoms with van der Waals surface area (Å²) < 4.78 is 15.5. The van der Waals surface area contributed by atoms with Crippen LogP contribution in [0.5, 0.6) is 0 Å². The summed E-state index contributed by atoms with van der Waals surface area (Å²) in [6, 6.07) is 19.3. The molecule has 0 radical (unpaired) electrons. The molecule has 0 saturated heterocycles. The van der Waals surface area contributed by atoms with Crippen LogP contribution in [0.25, 0.3) is 16.6 Å². The van der Waals surface area contributed by atoms with Crippen LogP contribution in [-0.2, 0) is 5.75 Å². The zero-order valence-electron chi connectivity index (χ0n) is 19.5. The molecule has 0 bridgehead atoms. The van der Waals surface area contributed by atoms with Gasteiger partial charge >= 0.3 is 0 Å². The second-order valence-electron chi connectivity index (χ2n) is 8.98. The summed E-state index contributed by atoms with van der Waals surface area (Å²) in [6.07, 6.45) is 4.25. The number of hydrogen-bond donors (Lipinski definition) is 1. The molecule has 1 saturated carbocycles. The van der Waals surface area contributed by atoms with Crippen molar-refractivity contribution in [3.05, 3.63) is 99.6 Å². The number of benzene rings is 3. The van der Waals surface area contributed by atoms with Crippen LogP contribution in [0.4, 0.5) is 4.39 Å². The summed E-state index contributed by atoms with van der Waals surface area (Å²) in [5.74, 6) is 0.0155. The number of fused-ring (bicyclic) bond motifs is 1. The van der Waals surface area contributed by atoms with Gasteiger partial charge in [0.05, 0.1) is 16.6 Å². The van der Waals surface area contributed by atoms with Crippen molar-refractivity contribution in [2.75, 3.05) is 0 Å². The molecule has 5 nitrogen and oxygen atoms in total. The minimum absolute atomic E-state index is 0.149. The van der Waals surface area contributed by atoms with E-state index in [1.807, 2.05) is 31.2 Å². The SMILES string of the molecule is Cc1ccc(CSc2nc3cc(C(=O)NC4CCCC4)ccc3c(=O)n2-c2cccc(F)c2)cc1. The predicted octanol–water partition coefficient (Wildman–Crippen LogP) is 5.80. The Morgan fingerprint density at radius 1 is 1.09 bits per heavy atom. The average Bonchev–Trinajstić information content (AvgIpc) is 3.36. The zero-order chi connectivity index (χ0) is 24.4. The van der Waals surface area contributed by atoms with Crippen LogP contribution < -0.4 is 10.9 Å². The van der Waals surface area contributed by atoms with E-state index in [9.17, 15) is 14.0 Å². The molecular formula is C28H26FN3O2S. The third-order valence-corrected chi connectivity index (χ3v) is 7.36. The molecule has 7 heteroatoms. The number of aryl methyl sites for hydroxylation is 1. The Bertz CT molecular complexity index is 1440. The quantitative estimate of drug-likeness (QED) is 0.276. The minimum Gasteiger partial charge on any atom is -0.349 e. The number of carbonyl (C=O) groups excluding carboxylic acids is 1. The van der Waals surface area contributed by atoms with E-state index in [-0.39, 0.29) is 17.5 Å². The normalized spacial score (nSPS) is 13.9. The Kier molecular flexibility index (Phi) is 6.68. The molecule has 35 heavy (non-hydrogen) atoms. The summed E-state index contributed by atoms with van der Waals surface area (Å²) in [6.45, 7) is 2.03. The van der Waals surface area contributed by atoms with Crippen LogP contribution >= 0.6 is 11.8 Å². The molecule has 0 aliphatic heterocycles. The van der Waals surface area contributed by atoms with Gasteiger partial charge in [0.1, 0.15) is 5.82 Å². The predicted molar refractivity (Wildman–Crippen MR) is 138 cm³/mol. The number of halogens is 1. The van der Waals surface area contributed by atoms with Gasteiger partial charge in [-0.1, -0.05) is 60.5 Å². The third-order valence-electron chi connectivity index (χ3n) is 6.35. The van der Waals surface area contributed by atoms with E-state index in [1.54, 1.807) is 30.3 Å². The van der Waals surface area contributed by atoms with Crippen molar-refractivity contribution in [3.8, 4) is 5.69 Å². The molecule has 3 aromatic carbocycles. The van der Waals surface area contributed by atoms with Crippen LogP contribution in [-0.4, -0.2) is 21.5 Å². The first-order valence-electron chi connectivity index (χ1n) is 11.8. The minimum atomic E-state index is -0.428. The van der Waals surface area contributed by atoms with Gasteiger partial charge in [0, 0.05) is 17.4 Å². The van der Waals surface area contributed by atoms with Crippen LogP contribution in [0.1, 0.15) is 47.2 Å². The molecular weight excluding hydrogens is 461 g/mol. The lowest BCUT2D eigenvalue weighted by molar-refractivity contribution is 0.0938. The van der Waals surface area contributed by atoms with Crippen LogP contribution in [0.15, 0.2) is 76.7 Å². The number of amides is 1. The van der Waals surface area contributed by atoms with Crippen LogP contribution in [0.3, 0.4) is 0 Å². The lowest BCUT2D eigenvalue weighted by Gasteiger charge is -2.15. The molecule has 1 amide bonds. The number of nitrogens with zero attached hydrogens (tertiary/aromatic N) is 2. The number of thioether (sulfide) groups is 1. The third kappa shape index (κ3) is 5.15. The number of aromatic nitrogens is 2. The Morgan fingerprint density at radius 3 is 2.60 bits per heavy atom. The molecule has 1 fully saturated rings. The summed E-state index contributed by atoms with van der Waals surface area (Å²) in [4.78, 5) is 31.1. The topological polar surface area (TPSA) is 64.0 Å². The summed E-state index contributed by atoms with van der Waals surface area (Å²) >= 11 is 1.40. The van der Waals surface area contributed by atoms with Gasteiger partial charge in [-0.25, -0.2) is 9.37 Å². The lowest BCUT2D eigenvalue weighted by Crippen LogP contribution is -2.32. The Morgan fingerprint density at radius 2 is 1.86 bits per heavy atom. The molecule has 178 valence electrons. The monoisotopic (exact) mass is 487 g/mol. The van der Waals surface area contributed by atoms with Gasteiger partial charge in [0.15, 0.2) is 5.16 Å². The average molecular weight is 488 g/mol. The molecule has 0 unspecified atom stereocenters. The maximum atomic E-state index is 14.0. The van der Waals surface area contributed by atoms with Crippen molar-refractivity contribution < 1.29 is 9.18 Å². The van der Waals surface area contributed by atoms with Crippen LogP contribution in [0, 0.1) is 12.7 Å². The number of rotatable bonds is 6. The van der Waals surface area contributed by atoms with Gasteiger partial charge < -0.3 is 5.32 Å². The molecule has 0 spiro atoms. The summed E-state index contributed by atoms with van der Waals surface area (Å²) in [7, 11) is 0. The fourth-order valence-corrected chi connectivity index (χ4v) is 5.39. The molecule has 1 aliphatic carbocycles. The van der Waals surface area contributed by atoms with Gasteiger partial charge in [0.2, 0.25) is 0 Å². The van der Waals surface area contributed by atoms with E-state index in [1.165, 1.54) is 34.0 Å². The maximum Gasteiger partial charge on any atom is 0.266 e. The summed E-state index contributed by atoms with van der Waals surface area (Å²) in [5, 5.41) is 3.91. The van der Waals surface area contributed by atoms with Gasteiger partial charge in [-0.2, -0.15) is 0 Å². The first-order chi connectivity index (χ1) is 17.0. The highest BCUT2D eigenvalue weighted by molar-refractivity contribution is 7.98. The first-order valence-corrected chi connectivity index (χ1v) is 12.8. The first kappa shape index (κ1) is 23.3. The van der Waals surface area contributed by atoms with Crippen molar-refractivity contribution in [1.82, 2.24) is 14.9 Å². The van der Waals surface area contributed by atoms with Crippen molar-refractivity contribution in [2.45, 2.75) is 49.6 Å². The van der Waals surface area contributed by atoms with E-state index in [0.29, 0.717) is 33.1 Å². The van der Waals surface area contributed by atoms with Gasteiger partial charge in [-0.3, -0.25) is 14.2 Å². The molecule has 1 N–H and O–H groups in total. The van der Waals surface area contributed by atoms with Gasteiger partial charge in [-0.05, 0) is 61.7 Å². The van der Waals surface area contributed by atoms with Crippen molar-refractivity contribution in [3.63, 3.8) is 0 Å².